The van der Waals surface area contributed by atoms with E-state index in [-0.39, 0.29) is 12.5 Å². The van der Waals surface area contributed by atoms with E-state index in [4.69, 9.17) is 4.74 Å². The maximum absolute atomic E-state index is 11.9. The molecule has 0 saturated carbocycles. The predicted molar refractivity (Wildman–Crippen MR) is 98.7 cm³/mol. The van der Waals surface area contributed by atoms with Crippen LogP contribution in [-0.2, 0) is 4.79 Å². The standard InChI is InChI=1S/C20H26N2O2/c1-16-10-11-17(2)19(14-16)24-15-20(23)21-12-7-13-22(3)18-8-5-4-6-9-18/h4-6,8-11,14H,7,12-13,15H2,1-3H3,(H,21,23). The van der Waals surface area contributed by atoms with Crippen molar-refractivity contribution in [2.75, 3.05) is 31.6 Å². The second-order valence-electron chi connectivity index (χ2n) is 6.02. The van der Waals surface area contributed by atoms with E-state index < -0.39 is 0 Å². The van der Waals surface area contributed by atoms with Crippen LogP contribution in [0.25, 0.3) is 0 Å². The third-order valence-corrected chi connectivity index (χ3v) is 3.89. The van der Waals surface area contributed by atoms with Crippen molar-refractivity contribution in [3.63, 3.8) is 0 Å². The monoisotopic (exact) mass is 326 g/mol. The number of benzene rings is 2. The van der Waals surface area contributed by atoms with Crippen LogP contribution < -0.4 is 15.0 Å². The van der Waals surface area contributed by atoms with Gasteiger partial charge in [0.2, 0.25) is 0 Å². The number of hydrogen-bond donors (Lipinski definition) is 1. The van der Waals surface area contributed by atoms with E-state index in [1.807, 2.05) is 50.2 Å². The fourth-order valence-electron chi connectivity index (χ4n) is 2.41. The lowest BCUT2D eigenvalue weighted by Crippen LogP contribution is -2.31. The molecule has 0 bridgehead atoms. The minimum atomic E-state index is -0.0849. The molecule has 128 valence electrons. The molecule has 0 atom stereocenters. The van der Waals surface area contributed by atoms with E-state index >= 15 is 0 Å². The number of anilines is 1. The van der Waals surface area contributed by atoms with Crippen molar-refractivity contribution in [3.05, 3.63) is 59.7 Å². The summed E-state index contributed by atoms with van der Waals surface area (Å²) in [5, 5.41) is 2.90. The molecule has 2 aromatic rings. The van der Waals surface area contributed by atoms with Gasteiger partial charge in [0, 0.05) is 25.8 Å². The molecule has 0 heterocycles. The zero-order valence-corrected chi connectivity index (χ0v) is 14.7. The third-order valence-electron chi connectivity index (χ3n) is 3.89. The Morgan fingerprint density at radius 3 is 2.62 bits per heavy atom. The van der Waals surface area contributed by atoms with Crippen LogP contribution in [0.2, 0.25) is 0 Å². The van der Waals surface area contributed by atoms with Gasteiger partial charge in [0.05, 0.1) is 0 Å². The van der Waals surface area contributed by atoms with Crippen molar-refractivity contribution in [1.82, 2.24) is 5.32 Å². The molecule has 0 aliphatic carbocycles. The maximum Gasteiger partial charge on any atom is 0.257 e. The van der Waals surface area contributed by atoms with Gasteiger partial charge in [-0.2, -0.15) is 0 Å². The van der Waals surface area contributed by atoms with Gasteiger partial charge in [0.25, 0.3) is 5.91 Å². The van der Waals surface area contributed by atoms with E-state index in [1.165, 1.54) is 5.69 Å². The Balaban J connectivity index is 1.66. The molecule has 0 fully saturated rings. The van der Waals surface area contributed by atoms with Gasteiger partial charge in [-0.25, -0.2) is 0 Å². The molecule has 0 aromatic heterocycles. The van der Waals surface area contributed by atoms with Crippen LogP contribution in [0.4, 0.5) is 5.69 Å². The maximum atomic E-state index is 11.9. The molecule has 0 aliphatic rings. The highest BCUT2D eigenvalue weighted by atomic mass is 16.5. The Labute approximate surface area is 144 Å². The fourth-order valence-corrected chi connectivity index (χ4v) is 2.41. The summed E-state index contributed by atoms with van der Waals surface area (Å²) in [4.78, 5) is 14.1. The van der Waals surface area contributed by atoms with Crippen molar-refractivity contribution in [3.8, 4) is 5.75 Å². The van der Waals surface area contributed by atoms with Crippen LogP contribution in [-0.4, -0.2) is 32.7 Å². The van der Waals surface area contributed by atoms with Crippen LogP contribution in [0.15, 0.2) is 48.5 Å². The minimum absolute atomic E-state index is 0.0544. The molecule has 2 aromatic carbocycles. The summed E-state index contributed by atoms with van der Waals surface area (Å²) in [6.07, 6.45) is 0.889. The summed E-state index contributed by atoms with van der Waals surface area (Å²) in [5.74, 6) is 0.687. The lowest BCUT2D eigenvalue weighted by Gasteiger charge is -2.19. The van der Waals surface area contributed by atoms with E-state index in [2.05, 4.69) is 29.4 Å². The zero-order chi connectivity index (χ0) is 17.4. The first-order valence-corrected chi connectivity index (χ1v) is 8.29. The second kappa shape index (κ2) is 8.96. The number of ether oxygens (including phenoxy) is 1. The summed E-state index contributed by atoms with van der Waals surface area (Å²) in [6, 6.07) is 16.2. The number of carbonyl (C=O) groups is 1. The highest BCUT2D eigenvalue weighted by Crippen LogP contribution is 2.18. The molecule has 1 amide bonds. The van der Waals surface area contributed by atoms with Crippen LogP contribution >= 0.6 is 0 Å². The summed E-state index contributed by atoms with van der Waals surface area (Å²) in [6.45, 7) is 5.58. The summed E-state index contributed by atoms with van der Waals surface area (Å²) >= 11 is 0. The van der Waals surface area contributed by atoms with Crippen LogP contribution in [0.3, 0.4) is 0 Å². The molecule has 4 nitrogen and oxygen atoms in total. The zero-order valence-electron chi connectivity index (χ0n) is 14.7. The number of hydrogen-bond acceptors (Lipinski definition) is 3. The summed E-state index contributed by atoms with van der Waals surface area (Å²) in [5.41, 5.74) is 3.35. The molecule has 2 rings (SSSR count). The highest BCUT2D eigenvalue weighted by Gasteiger charge is 2.05. The average Bonchev–Trinajstić information content (AvgIpc) is 2.60. The van der Waals surface area contributed by atoms with Gasteiger partial charge in [-0.1, -0.05) is 30.3 Å². The number of carbonyl (C=O) groups excluding carboxylic acids is 1. The quantitative estimate of drug-likeness (QED) is 0.757. The Bertz CT molecular complexity index is 656. The van der Waals surface area contributed by atoms with Crippen LogP contribution in [0.1, 0.15) is 17.5 Å². The number of rotatable bonds is 8. The summed E-state index contributed by atoms with van der Waals surface area (Å²) in [7, 11) is 2.06. The Morgan fingerprint density at radius 2 is 1.88 bits per heavy atom. The fraction of sp³-hybridized carbons (Fsp3) is 0.350. The number of amides is 1. The number of para-hydroxylation sites is 1. The molecule has 0 radical (unpaired) electrons. The van der Waals surface area contributed by atoms with Crippen molar-refractivity contribution < 1.29 is 9.53 Å². The smallest absolute Gasteiger partial charge is 0.257 e. The SMILES string of the molecule is Cc1ccc(C)c(OCC(=O)NCCCN(C)c2ccccc2)c1. The number of nitrogens with zero attached hydrogens (tertiary/aromatic N) is 1. The number of nitrogens with one attached hydrogen (secondary N) is 1. The van der Waals surface area contributed by atoms with Crippen LogP contribution in [0.5, 0.6) is 5.75 Å². The largest absolute Gasteiger partial charge is 0.483 e. The van der Waals surface area contributed by atoms with E-state index in [0.717, 1.165) is 29.8 Å². The normalized spacial score (nSPS) is 10.3. The van der Waals surface area contributed by atoms with Gasteiger partial charge in [0.1, 0.15) is 5.75 Å². The van der Waals surface area contributed by atoms with Gasteiger partial charge in [-0.15, -0.1) is 0 Å². The molecule has 24 heavy (non-hydrogen) atoms. The first-order chi connectivity index (χ1) is 11.6. The topological polar surface area (TPSA) is 41.6 Å². The second-order valence-corrected chi connectivity index (χ2v) is 6.02. The minimum Gasteiger partial charge on any atom is -0.483 e. The highest BCUT2D eigenvalue weighted by molar-refractivity contribution is 5.77. The van der Waals surface area contributed by atoms with Gasteiger partial charge >= 0.3 is 0 Å². The van der Waals surface area contributed by atoms with Gasteiger partial charge in [-0.3, -0.25) is 4.79 Å². The van der Waals surface area contributed by atoms with E-state index in [1.54, 1.807) is 0 Å². The van der Waals surface area contributed by atoms with Crippen molar-refractivity contribution in [1.29, 1.82) is 0 Å². The molecule has 0 aliphatic heterocycles. The third kappa shape index (κ3) is 5.61. The lowest BCUT2D eigenvalue weighted by atomic mass is 10.1. The molecule has 0 spiro atoms. The Morgan fingerprint density at radius 1 is 1.12 bits per heavy atom. The first-order valence-electron chi connectivity index (χ1n) is 8.29. The van der Waals surface area contributed by atoms with Crippen molar-refractivity contribution >= 4 is 11.6 Å². The summed E-state index contributed by atoms with van der Waals surface area (Å²) < 4.78 is 5.60. The molecule has 0 saturated heterocycles. The van der Waals surface area contributed by atoms with Crippen molar-refractivity contribution in [2.45, 2.75) is 20.3 Å². The molecule has 0 unspecified atom stereocenters. The van der Waals surface area contributed by atoms with Gasteiger partial charge in [0.15, 0.2) is 6.61 Å². The predicted octanol–water partition coefficient (Wildman–Crippen LogP) is 3.32. The molecule has 1 N–H and O–H groups in total. The molecular formula is C20H26N2O2. The van der Waals surface area contributed by atoms with Crippen LogP contribution in [0, 0.1) is 13.8 Å². The lowest BCUT2D eigenvalue weighted by molar-refractivity contribution is -0.123. The van der Waals surface area contributed by atoms with Gasteiger partial charge < -0.3 is 15.0 Å². The first kappa shape index (κ1) is 17.9. The molecule has 4 heteroatoms. The Kier molecular flexibility index (Phi) is 6.67. The van der Waals surface area contributed by atoms with Gasteiger partial charge in [-0.05, 0) is 49.6 Å². The van der Waals surface area contributed by atoms with Crippen molar-refractivity contribution in [2.24, 2.45) is 0 Å². The average molecular weight is 326 g/mol. The molecular weight excluding hydrogens is 300 g/mol. The Hall–Kier alpha value is -2.49. The van der Waals surface area contributed by atoms with E-state index in [0.29, 0.717) is 6.54 Å². The van der Waals surface area contributed by atoms with E-state index in [9.17, 15) is 4.79 Å². The number of aryl methyl sites for hydroxylation is 2.